The Morgan fingerprint density at radius 3 is 1.96 bits per heavy atom. The van der Waals surface area contributed by atoms with E-state index in [1.54, 1.807) is 0 Å². The van der Waals surface area contributed by atoms with Crippen molar-refractivity contribution in [1.82, 2.24) is 0 Å². The zero-order chi connectivity index (χ0) is 15.4. The van der Waals surface area contributed by atoms with E-state index >= 15 is 0 Å². The predicted molar refractivity (Wildman–Crippen MR) is 101 cm³/mol. The van der Waals surface area contributed by atoms with Gasteiger partial charge in [0.25, 0.3) is 0 Å². The minimum Gasteiger partial charge on any atom is -0.0616 e. The fourth-order valence-electron chi connectivity index (χ4n) is 3.80. The predicted octanol–water partition coefficient (Wildman–Crippen LogP) is 6.61. The second-order valence-corrected chi connectivity index (χ2v) is 6.32. The second kappa shape index (κ2) is 4.57. The van der Waals surface area contributed by atoms with Gasteiger partial charge in [0.2, 0.25) is 0 Å². The van der Waals surface area contributed by atoms with Gasteiger partial charge in [-0.1, -0.05) is 66.7 Å². The first kappa shape index (κ1) is 12.7. The summed E-state index contributed by atoms with van der Waals surface area (Å²) in [6.45, 7) is 2.20. The Bertz CT molecular complexity index is 1210. The molecule has 0 spiro atoms. The lowest BCUT2D eigenvalue weighted by Crippen LogP contribution is -1.84. The molecule has 0 unspecified atom stereocenters. The van der Waals surface area contributed by atoms with Crippen LogP contribution in [0.1, 0.15) is 5.56 Å². The summed E-state index contributed by atoms with van der Waals surface area (Å²) in [4.78, 5) is 0. The Morgan fingerprint density at radius 1 is 0.435 bits per heavy atom. The molecule has 0 aromatic heterocycles. The normalized spacial score (nSPS) is 11.7. The maximum absolute atomic E-state index is 2.37. The summed E-state index contributed by atoms with van der Waals surface area (Å²) in [6, 6.07) is 28.8. The molecule has 0 N–H and O–H groups in total. The van der Waals surface area contributed by atoms with Crippen LogP contribution in [0, 0.1) is 6.92 Å². The van der Waals surface area contributed by atoms with Gasteiger partial charge in [-0.25, -0.2) is 0 Å². The van der Waals surface area contributed by atoms with Crippen molar-refractivity contribution in [3.63, 3.8) is 0 Å². The third kappa shape index (κ3) is 1.78. The van der Waals surface area contributed by atoms with Crippen molar-refractivity contribution in [2.45, 2.75) is 6.92 Å². The van der Waals surface area contributed by atoms with Crippen molar-refractivity contribution < 1.29 is 0 Å². The number of rotatable bonds is 0. The maximum Gasteiger partial charge on any atom is -0.00986 e. The highest BCUT2D eigenvalue weighted by Crippen LogP contribution is 2.34. The van der Waals surface area contributed by atoms with Gasteiger partial charge >= 0.3 is 0 Å². The van der Waals surface area contributed by atoms with Crippen molar-refractivity contribution in [3.8, 4) is 0 Å². The van der Waals surface area contributed by atoms with Gasteiger partial charge in [-0.3, -0.25) is 0 Å². The third-order valence-electron chi connectivity index (χ3n) is 4.93. The monoisotopic (exact) mass is 292 g/mol. The smallest absolute Gasteiger partial charge is 0.00986 e. The molecule has 0 bridgehead atoms. The largest absolute Gasteiger partial charge is 0.0616 e. The summed E-state index contributed by atoms with van der Waals surface area (Å²) in [5.74, 6) is 0. The van der Waals surface area contributed by atoms with Gasteiger partial charge in [0.15, 0.2) is 0 Å². The fraction of sp³-hybridized carbons (Fsp3) is 0.0435. The van der Waals surface area contributed by atoms with E-state index in [1.807, 2.05) is 0 Å². The molecule has 23 heavy (non-hydrogen) atoms. The maximum atomic E-state index is 2.37. The van der Waals surface area contributed by atoms with E-state index in [-0.39, 0.29) is 0 Å². The zero-order valence-corrected chi connectivity index (χ0v) is 13.0. The van der Waals surface area contributed by atoms with Crippen LogP contribution in [-0.2, 0) is 0 Å². The quantitative estimate of drug-likeness (QED) is 0.222. The van der Waals surface area contributed by atoms with Gasteiger partial charge in [-0.2, -0.15) is 0 Å². The van der Waals surface area contributed by atoms with Crippen LogP contribution in [0.15, 0.2) is 78.9 Å². The Labute approximate surface area is 135 Å². The summed E-state index contributed by atoms with van der Waals surface area (Å²) in [7, 11) is 0. The standard InChI is InChI=1S/C23H16/c1-15-12-18-13-17-11-10-16-6-2-3-8-20(16)22(17)14-23(18)21-9-5-4-7-19(15)21/h2-14H,1H3. The molecule has 0 aliphatic rings. The molecule has 0 atom stereocenters. The highest BCUT2D eigenvalue weighted by Gasteiger charge is 2.07. The highest BCUT2D eigenvalue weighted by molar-refractivity contribution is 6.17. The number of hydrogen-bond donors (Lipinski definition) is 0. The summed E-state index contributed by atoms with van der Waals surface area (Å²) in [6.07, 6.45) is 0. The van der Waals surface area contributed by atoms with Crippen molar-refractivity contribution in [3.05, 3.63) is 84.4 Å². The van der Waals surface area contributed by atoms with Gasteiger partial charge in [0.1, 0.15) is 0 Å². The van der Waals surface area contributed by atoms with Crippen LogP contribution in [0.2, 0.25) is 0 Å². The molecule has 0 aliphatic carbocycles. The van der Waals surface area contributed by atoms with E-state index < -0.39 is 0 Å². The van der Waals surface area contributed by atoms with Crippen molar-refractivity contribution >= 4 is 43.1 Å². The highest BCUT2D eigenvalue weighted by atomic mass is 14.1. The minimum absolute atomic E-state index is 1.30. The van der Waals surface area contributed by atoms with Gasteiger partial charge < -0.3 is 0 Å². The van der Waals surface area contributed by atoms with Crippen LogP contribution < -0.4 is 0 Å². The molecule has 0 aliphatic heterocycles. The van der Waals surface area contributed by atoms with E-state index in [4.69, 9.17) is 0 Å². The molecule has 5 aromatic carbocycles. The summed E-state index contributed by atoms with van der Waals surface area (Å²) < 4.78 is 0. The molecule has 5 rings (SSSR count). The Kier molecular flexibility index (Phi) is 2.51. The van der Waals surface area contributed by atoms with E-state index in [9.17, 15) is 0 Å². The average molecular weight is 292 g/mol. The first-order chi connectivity index (χ1) is 11.3. The Morgan fingerprint density at radius 2 is 1.09 bits per heavy atom. The topological polar surface area (TPSA) is 0 Å². The molecule has 0 nitrogen and oxygen atoms in total. The average Bonchev–Trinajstić information content (AvgIpc) is 2.60. The summed E-state index contributed by atoms with van der Waals surface area (Å²) in [5.41, 5.74) is 1.34. The second-order valence-electron chi connectivity index (χ2n) is 6.32. The number of hydrogen-bond acceptors (Lipinski definition) is 0. The van der Waals surface area contributed by atoms with E-state index in [2.05, 4.69) is 85.8 Å². The van der Waals surface area contributed by atoms with Crippen LogP contribution in [0.25, 0.3) is 43.1 Å². The lowest BCUT2D eigenvalue weighted by Gasteiger charge is -2.10. The third-order valence-corrected chi connectivity index (χ3v) is 4.93. The van der Waals surface area contributed by atoms with Crippen LogP contribution in [-0.4, -0.2) is 0 Å². The zero-order valence-electron chi connectivity index (χ0n) is 13.0. The molecule has 0 heteroatoms. The Balaban J connectivity index is 2.06. The van der Waals surface area contributed by atoms with Gasteiger partial charge in [0.05, 0.1) is 0 Å². The first-order valence-electron chi connectivity index (χ1n) is 8.05. The molecule has 0 heterocycles. The van der Waals surface area contributed by atoms with Crippen LogP contribution in [0.5, 0.6) is 0 Å². The minimum atomic E-state index is 1.30. The van der Waals surface area contributed by atoms with Crippen LogP contribution >= 0.6 is 0 Å². The van der Waals surface area contributed by atoms with Gasteiger partial charge in [-0.15, -0.1) is 0 Å². The molecule has 0 radical (unpaired) electrons. The van der Waals surface area contributed by atoms with Crippen molar-refractivity contribution in [2.75, 3.05) is 0 Å². The molecule has 0 amide bonds. The molecular weight excluding hydrogens is 276 g/mol. The van der Waals surface area contributed by atoms with Crippen LogP contribution in [0.3, 0.4) is 0 Å². The van der Waals surface area contributed by atoms with E-state index in [1.165, 1.54) is 48.7 Å². The van der Waals surface area contributed by atoms with E-state index in [0.717, 1.165) is 0 Å². The molecular formula is C23H16. The molecule has 0 fully saturated rings. The number of fused-ring (bicyclic) bond motifs is 6. The number of benzene rings is 5. The Hall–Kier alpha value is -2.86. The molecule has 5 aromatic rings. The summed E-state index contributed by atoms with van der Waals surface area (Å²) in [5, 5.41) is 10.6. The van der Waals surface area contributed by atoms with Crippen molar-refractivity contribution in [1.29, 1.82) is 0 Å². The van der Waals surface area contributed by atoms with Gasteiger partial charge in [-0.05, 0) is 67.7 Å². The molecule has 0 saturated heterocycles. The lowest BCUT2D eigenvalue weighted by molar-refractivity contribution is 1.56. The first-order valence-corrected chi connectivity index (χ1v) is 8.05. The van der Waals surface area contributed by atoms with E-state index in [0.29, 0.717) is 0 Å². The SMILES string of the molecule is Cc1cc2cc3ccc4ccccc4c3cc2c2ccccc12. The van der Waals surface area contributed by atoms with Crippen LogP contribution in [0.4, 0.5) is 0 Å². The lowest BCUT2D eigenvalue weighted by atomic mass is 9.93. The number of aryl methyl sites for hydroxylation is 1. The summed E-state index contributed by atoms with van der Waals surface area (Å²) >= 11 is 0. The molecule has 0 saturated carbocycles. The molecule has 108 valence electrons. The van der Waals surface area contributed by atoms with Crippen molar-refractivity contribution in [2.24, 2.45) is 0 Å². The fourth-order valence-corrected chi connectivity index (χ4v) is 3.80. The van der Waals surface area contributed by atoms with Gasteiger partial charge in [0, 0.05) is 0 Å².